The van der Waals surface area contributed by atoms with E-state index in [2.05, 4.69) is 6.07 Å². The molecule has 21 heavy (non-hydrogen) atoms. The van der Waals surface area contributed by atoms with Crippen molar-refractivity contribution in [2.24, 2.45) is 7.05 Å². The summed E-state index contributed by atoms with van der Waals surface area (Å²) in [6.07, 6.45) is 2.63. The van der Waals surface area contributed by atoms with Crippen LogP contribution in [0.4, 0.5) is 0 Å². The van der Waals surface area contributed by atoms with Crippen LogP contribution in [-0.4, -0.2) is 9.81 Å². The molecule has 0 saturated heterocycles. The number of halogens is 1. The lowest BCUT2D eigenvalue weighted by Gasteiger charge is -2.12. The van der Waals surface area contributed by atoms with Crippen LogP contribution >= 0.6 is 11.6 Å². The smallest absolute Gasteiger partial charge is 0.229 e. The number of benzene rings is 2. The Bertz CT molecular complexity index is 776. The second kappa shape index (κ2) is 5.74. The molecule has 0 amide bonds. The molecule has 0 radical (unpaired) electrons. The van der Waals surface area contributed by atoms with E-state index in [0.717, 1.165) is 22.0 Å². The van der Waals surface area contributed by atoms with E-state index in [0.29, 0.717) is 6.42 Å². The lowest BCUT2D eigenvalue weighted by atomic mass is 9.93. The Morgan fingerprint density at radius 2 is 1.76 bits per heavy atom. The summed E-state index contributed by atoms with van der Waals surface area (Å²) in [5, 5.41) is 0.783. The predicted molar refractivity (Wildman–Crippen MR) is 86.7 cm³/mol. The first-order chi connectivity index (χ1) is 10.2. The highest BCUT2D eigenvalue weighted by Crippen LogP contribution is 2.31. The lowest BCUT2D eigenvalue weighted by Crippen LogP contribution is -2.10. The fraction of sp³-hybridized carbons (Fsp3) is 0.167. The van der Waals surface area contributed by atoms with Gasteiger partial charge in [0.25, 0.3) is 0 Å². The van der Waals surface area contributed by atoms with E-state index in [9.17, 15) is 4.79 Å². The molecule has 0 N–H and O–H groups in total. The van der Waals surface area contributed by atoms with Gasteiger partial charge in [0.15, 0.2) is 0 Å². The average molecular weight is 298 g/mol. The van der Waals surface area contributed by atoms with Gasteiger partial charge in [0.1, 0.15) is 0 Å². The fourth-order valence-corrected chi connectivity index (χ4v) is 3.01. The number of rotatable bonds is 4. The van der Waals surface area contributed by atoms with Gasteiger partial charge in [-0.25, -0.2) is 0 Å². The molecule has 0 aliphatic heterocycles. The summed E-state index contributed by atoms with van der Waals surface area (Å²) in [7, 11) is 1.99. The minimum Gasteiger partial charge on any atom is -0.350 e. The molecule has 2 aromatic carbocycles. The number of carbonyl (C=O) groups excluding carboxylic acids is 1. The third-order valence-corrected chi connectivity index (χ3v) is 4.12. The van der Waals surface area contributed by atoms with Crippen molar-refractivity contribution in [3.8, 4) is 0 Å². The molecule has 0 saturated carbocycles. The largest absolute Gasteiger partial charge is 0.350 e. The van der Waals surface area contributed by atoms with Crippen LogP contribution in [0.1, 0.15) is 17.0 Å². The van der Waals surface area contributed by atoms with Crippen molar-refractivity contribution in [2.75, 3.05) is 0 Å². The molecule has 2 nitrogen and oxygen atoms in total. The van der Waals surface area contributed by atoms with Gasteiger partial charge in [-0.3, -0.25) is 4.79 Å². The van der Waals surface area contributed by atoms with E-state index >= 15 is 0 Å². The van der Waals surface area contributed by atoms with E-state index < -0.39 is 0 Å². The number of fused-ring (bicyclic) bond motifs is 1. The number of nitrogens with zero attached hydrogens (tertiary/aromatic N) is 1. The lowest BCUT2D eigenvalue weighted by molar-refractivity contribution is -0.112. The van der Waals surface area contributed by atoms with Gasteiger partial charge in [-0.15, -0.1) is 0 Å². The monoisotopic (exact) mass is 297 g/mol. The first-order valence-electron chi connectivity index (χ1n) is 6.94. The Kier molecular flexibility index (Phi) is 3.80. The van der Waals surface area contributed by atoms with Crippen LogP contribution in [0.5, 0.6) is 0 Å². The molecule has 0 aliphatic rings. The van der Waals surface area contributed by atoms with Crippen molar-refractivity contribution in [3.63, 3.8) is 0 Å². The van der Waals surface area contributed by atoms with E-state index in [1.54, 1.807) is 0 Å². The molecule has 1 unspecified atom stereocenters. The minimum absolute atomic E-state index is 0.310. The zero-order chi connectivity index (χ0) is 14.8. The molecule has 1 heterocycles. The van der Waals surface area contributed by atoms with Gasteiger partial charge in [0.05, 0.1) is 5.92 Å². The van der Waals surface area contributed by atoms with Gasteiger partial charge in [-0.1, -0.05) is 48.5 Å². The number of hydrogen-bond acceptors (Lipinski definition) is 1. The van der Waals surface area contributed by atoms with Crippen LogP contribution in [0.3, 0.4) is 0 Å². The highest BCUT2D eigenvalue weighted by molar-refractivity contribution is 6.64. The number of aromatic nitrogens is 1. The van der Waals surface area contributed by atoms with Crippen LogP contribution < -0.4 is 0 Å². The zero-order valence-corrected chi connectivity index (χ0v) is 12.5. The maximum Gasteiger partial charge on any atom is 0.229 e. The molecular formula is C18H16ClNO. The molecule has 3 heteroatoms. The quantitative estimate of drug-likeness (QED) is 0.659. The number of para-hydroxylation sites is 1. The summed E-state index contributed by atoms with van der Waals surface area (Å²) in [5.41, 5.74) is 3.23. The Balaban J connectivity index is 2.06. The highest BCUT2D eigenvalue weighted by atomic mass is 35.5. The summed E-state index contributed by atoms with van der Waals surface area (Å²) in [6, 6.07) is 18.1. The topological polar surface area (TPSA) is 22.0 Å². The number of aryl methyl sites for hydroxylation is 1. The normalized spacial score (nSPS) is 12.5. The van der Waals surface area contributed by atoms with Gasteiger partial charge in [0, 0.05) is 24.1 Å². The zero-order valence-electron chi connectivity index (χ0n) is 11.8. The van der Waals surface area contributed by atoms with Gasteiger partial charge in [-0.2, -0.15) is 0 Å². The van der Waals surface area contributed by atoms with Crippen LogP contribution in [0.2, 0.25) is 0 Å². The molecule has 0 bridgehead atoms. The molecule has 3 rings (SSSR count). The van der Waals surface area contributed by atoms with Crippen molar-refractivity contribution in [2.45, 2.75) is 12.3 Å². The van der Waals surface area contributed by atoms with Crippen molar-refractivity contribution in [3.05, 3.63) is 71.9 Å². The molecular weight excluding hydrogens is 282 g/mol. The van der Waals surface area contributed by atoms with Crippen LogP contribution in [0.25, 0.3) is 10.9 Å². The summed E-state index contributed by atoms with van der Waals surface area (Å²) in [6.45, 7) is 0. The Labute approximate surface area is 129 Å². The van der Waals surface area contributed by atoms with Crippen LogP contribution in [-0.2, 0) is 18.3 Å². The maximum atomic E-state index is 12.0. The predicted octanol–water partition coefficient (Wildman–Crippen LogP) is 4.27. The first kappa shape index (κ1) is 13.9. The third-order valence-electron chi connectivity index (χ3n) is 3.86. The minimum atomic E-state index is -0.319. The van der Waals surface area contributed by atoms with Gasteiger partial charge in [0.2, 0.25) is 5.24 Å². The van der Waals surface area contributed by atoms with E-state index in [1.165, 1.54) is 0 Å². The molecule has 3 aromatic rings. The Morgan fingerprint density at radius 3 is 2.48 bits per heavy atom. The summed E-state index contributed by atoms with van der Waals surface area (Å²) < 4.78 is 2.04. The molecule has 0 aliphatic carbocycles. The Morgan fingerprint density at radius 1 is 1.10 bits per heavy atom. The fourth-order valence-electron chi connectivity index (χ4n) is 2.81. The van der Waals surface area contributed by atoms with Crippen LogP contribution in [0, 0.1) is 0 Å². The van der Waals surface area contributed by atoms with Gasteiger partial charge >= 0.3 is 0 Å². The number of hydrogen-bond donors (Lipinski definition) is 0. The summed E-state index contributed by atoms with van der Waals surface area (Å²) in [4.78, 5) is 12.0. The molecule has 106 valence electrons. The van der Waals surface area contributed by atoms with E-state index in [-0.39, 0.29) is 11.2 Å². The van der Waals surface area contributed by atoms with Gasteiger partial charge in [-0.05, 0) is 35.2 Å². The molecule has 0 fully saturated rings. The molecule has 1 atom stereocenters. The summed E-state index contributed by atoms with van der Waals surface area (Å²) >= 11 is 5.89. The van der Waals surface area contributed by atoms with E-state index in [4.69, 9.17) is 11.6 Å². The SMILES string of the molecule is Cn1cc(C(Cc2ccccc2)C(=O)Cl)c2ccccc21. The van der Waals surface area contributed by atoms with Crippen molar-refractivity contribution in [1.29, 1.82) is 0 Å². The standard InChI is InChI=1S/C18H16ClNO/c1-20-12-16(14-9-5-6-10-17(14)20)15(18(19)21)11-13-7-3-2-4-8-13/h2-10,12,15H,11H2,1H3. The third kappa shape index (κ3) is 2.72. The first-order valence-corrected chi connectivity index (χ1v) is 7.32. The second-order valence-electron chi connectivity index (χ2n) is 5.26. The average Bonchev–Trinajstić information content (AvgIpc) is 2.83. The van der Waals surface area contributed by atoms with Crippen LogP contribution in [0.15, 0.2) is 60.8 Å². The number of carbonyl (C=O) groups is 1. The van der Waals surface area contributed by atoms with Crippen molar-refractivity contribution in [1.82, 2.24) is 4.57 Å². The Hall–Kier alpha value is -2.06. The van der Waals surface area contributed by atoms with E-state index in [1.807, 2.05) is 66.3 Å². The maximum absolute atomic E-state index is 12.0. The second-order valence-corrected chi connectivity index (χ2v) is 5.63. The highest BCUT2D eigenvalue weighted by Gasteiger charge is 2.23. The molecule has 0 spiro atoms. The van der Waals surface area contributed by atoms with Gasteiger partial charge < -0.3 is 4.57 Å². The van der Waals surface area contributed by atoms with Crippen molar-refractivity contribution >= 4 is 27.7 Å². The molecule has 1 aromatic heterocycles. The van der Waals surface area contributed by atoms with Crippen molar-refractivity contribution < 1.29 is 4.79 Å². The summed E-state index contributed by atoms with van der Waals surface area (Å²) in [5.74, 6) is -0.319.